The molecule has 0 bridgehead atoms. The van der Waals surface area contributed by atoms with Crippen LogP contribution in [0.5, 0.6) is 0 Å². The van der Waals surface area contributed by atoms with E-state index in [1.165, 1.54) is 13.8 Å². The Balaban J connectivity index is 5.32. The van der Waals surface area contributed by atoms with Crippen molar-refractivity contribution in [2.24, 2.45) is 0 Å². The summed E-state index contributed by atoms with van der Waals surface area (Å²) in [6.07, 6.45) is 0. The molecule has 0 heterocycles. The molecule has 0 spiro atoms. The highest BCUT2D eigenvalue weighted by atomic mass is 16.2. The van der Waals surface area contributed by atoms with Crippen molar-refractivity contribution >= 4 is 11.8 Å². The molecule has 0 rings (SSSR count). The predicted octanol–water partition coefficient (Wildman–Crippen LogP) is 1.85. The first-order valence-corrected chi connectivity index (χ1v) is 5.16. The number of hydrogen-bond donors (Lipinski definition) is 2. The Hall–Kier alpha value is -1.58. The summed E-state index contributed by atoms with van der Waals surface area (Å²) in [5.74, 6) is -0.305. The van der Waals surface area contributed by atoms with Crippen LogP contribution in [0, 0.1) is 0 Å². The summed E-state index contributed by atoms with van der Waals surface area (Å²) in [5.41, 5.74) is 3.23. The highest BCUT2D eigenvalue weighted by molar-refractivity contribution is 5.79. The number of carbonyl (C=O) groups excluding carboxylic acids is 2. The first-order valence-electron chi connectivity index (χ1n) is 5.16. The first-order chi connectivity index (χ1) is 7.25. The molecule has 0 fully saturated rings. The molecule has 2 amide bonds. The van der Waals surface area contributed by atoms with Crippen molar-refractivity contribution in [2.45, 2.75) is 41.5 Å². The Morgan fingerprint density at radius 1 is 0.625 bits per heavy atom. The summed E-state index contributed by atoms with van der Waals surface area (Å²) in [5, 5.41) is 5.47. The van der Waals surface area contributed by atoms with Gasteiger partial charge in [-0.3, -0.25) is 9.59 Å². The van der Waals surface area contributed by atoms with Crippen LogP contribution in [0.1, 0.15) is 41.5 Å². The normalized spacial score (nSPS) is 9.12. The van der Waals surface area contributed by atoms with E-state index in [0.29, 0.717) is 11.4 Å². The summed E-state index contributed by atoms with van der Waals surface area (Å²) in [7, 11) is 0. The first kappa shape index (κ1) is 14.4. The van der Waals surface area contributed by atoms with Crippen LogP contribution in [0.4, 0.5) is 0 Å². The molecule has 4 heteroatoms. The van der Waals surface area contributed by atoms with Crippen LogP contribution in [0.2, 0.25) is 0 Å². The van der Waals surface area contributed by atoms with Gasteiger partial charge in [-0.05, 0) is 27.7 Å². The van der Waals surface area contributed by atoms with Gasteiger partial charge in [-0.25, -0.2) is 0 Å². The van der Waals surface area contributed by atoms with Gasteiger partial charge in [0.05, 0.1) is 11.4 Å². The highest BCUT2D eigenvalue weighted by Gasteiger charge is 2.11. The average Bonchev–Trinajstić information content (AvgIpc) is 2.09. The highest BCUT2D eigenvalue weighted by Crippen LogP contribution is 2.13. The standard InChI is InChI=1S/C12H20N2O2/c1-7(2)11(13-9(5)15)12(8(3)4)14-10(6)16/h1-6H3,(H,13,15)(H,14,16). The Labute approximate surface area is 96.8 Å². The van der Waals surface area contributed by atoms with Crippen molar-refractivity contribution in [1.29, 1.82) is 0 Å². The maximum absolute atomic E-state index is 11.1. The molecule has 4 nitrogen and oxygen atoms in total. The zero-order valence-corrected chi connectivity index (χ0v) is 10.8. The molecule has 0 radical (unpaired) electrons. The number of rotatable bonds is 3. The largest absolute Gasteiger partial charge is 0.325 e. The van der Waals surface area contributed by atoms with Crippen molar-refractivity contribution in [2.75, 3.05) is 0 Å². The fourth-order valence-electron chi connectivity index (χ4n) is 1.23. The number of allylic oxidation sites excluding steroid dienone is 2. The minimum Gasteiger partial charge on any atom is -0.325 e. The van der Waals surface area contributed by atoms with E-state index in [1.54, 1.807) is 0 Å². The van der Waals surface area contributed by atoms with Gasteiger partial charge in [-0.1, -0.05) is 11.1 Å². The predicted molar refractivity (Wildman–Crippen MR) is 64.4 cm³/mol. The van der Waals surface area contributed by atoms with Crippen molar-refractivity contribution < 1.29 is 9.59 Å². The molecule has 0 atom stereocenters. The van der Waals surface area contributed by atoms with E-state index < -0.39 is 0 Å². The van der Waals surface area contributed by atoms with Gasteiger partial charge in [-0.15, -0.1) is 0 Å². The number of nitrogens with one attached hydrogen (secondary N) is 2. The van der Waals surface area contributed by atoms with E-state index in [1.807, 2.05) is 27.7 Å². The molecule has 0 aromatic carbocycles. The van der Waals surface area contributed by atoms with Gasteiger partial charge in [-0.2, -0.15) is 0 Å². The maximum atomic E-state index is 11.1. The summed E-state index contributed by atoms with van der Waals surface area (Å²) >= 11 is 0. The third-order valence-corrected chi connectivity index (χ3v) is 1.85. The van der Waals surface area contributed by atoms with Crippen molar-refractivity contribution in [3.05, 3.63) is 22.5 Å². The molecule has 0 aromatic rings. The summed E-state index contributed by atoms with van der Waals surface area (Å²) in [4.78, 5) is 22.2. The van der Waals surface area contributed by atoms with Crippen LogP contribution in [0.25, 0.3) is 0 Å². The molecule has 0 aromatic heterocycles. The van der Waals surface area contributed by atoms with Gasteiger partial charge >= 0.3 is 0 Å². The number of amides is 2. The Kier molecular flexibility index (Phi) is 5.50. The summed E-state index contributed by atoms with van der Waals surface area (Å²) in [6.45, 7) is 10.4. The molecule has 0 unspecified atom stereocenters. The molecule has 0 aliphatic heterocycles. The van der Waals surface area contributed by atoms with Crippen molar-refractivity contribution in [3.8, 4) is 0 Å². The smallest absolute Gasteiger partial charge is 0.221 e. The second-order valence-corrected chi connectivity index (χ2v) is 4.11. The Morgan fingerprint density at radius 2 is 0.875 bits per heavy atom. The van der Waals surface area contributed by atoms with Crippen molar-refractivity contribution in [3.63, 3.8) is 0 Å². The SMILES string of the molecule is CC(=O)NC(=C(C)C)C(NC(C)=O)=C(C)C. The van der Waals surface area contributed by atoms with E-state index in [-0.39, 0.29) is 11.8 Å². The molecule has 0 saturated carbocycles. The second kappa shape index (κ2) is 6.10. The number of hydrogen-bond acceptors (Lipinski definition) is 2. The van der Waals surface area contributed by atoms with E-state index in [2.05, 4.69) is 10.6 Å². The van der Waals surface area contributed by atoms with E-state index >= 15 is 0 Å². The zero-order chi connectivity index (χ0) is 12.9. The van der Waals surface area contributed by atoms with Gasteiger partial charge < -0.3 is 10.6 Å². The van der Waals surface area contributed by atoms with Gasteiger partial charge in [0.25, 0.3) is 0 Å². The molecular weight excluding hydrogens is 204 g/mol. The third kappa shape index (κ3) is 4.77. The minimum atomic E-state index is -0.152. The van der Waals surface area contributed by atoms with E-state index in [0.717, 1.165) is 11.1 Å². The molecule has 0 aliphatic carbocycles. The minimum absolute atomic E-state index is 0.152. The lowest BCUT2D eigenvalue weighted by Crippen LogP contribution is -2.30. The summed E-state index contributed by atoms with van der Waals surface area (Å²) in [6, 6.07) is 0. The lowest BCUT2D eigenvalue weighted by Gasteiger charge is -2.17. The quantitative estimate of drug-likeness (QED) is 0.719. The monoisotopic (exact) mass is 224 g/mol. The Bertz CT molecular complexity index is 321. The number of carbonyl (C=O) groups is 2. The van der Waals surface area contributed by atoms with Gasteiger partial charge in [0.1, 0.15) is 0 Å². The molecule has 0 saturated heterocycles. The maximum Gasteiger partial charge on any atom is 0.221 e. The lowest BCUT2D eigenvalue weighted by molar-refractivity contribution is -0.119. The van der Waals surface area contributed by atoms with Crippen LogP contribution in [-0.4, -0.2) is 11.8 Å². The third-order valence-electron chi connectivity index (χ3n) is 1.85. The summed E-state index contributed by atoms with van der Waals surface area (Å²) < 4.78 is 0. The van der Waals surface area contributed by atoms with E-state index in [9.17, 15) is 9.59 Å². The average molecular weight is 224 g/mol. The second-order valence-electron chi connectivity index (χ2n) is 4.11. The van der Waals surface area contributed by atoms with Gasteiger partial charge in [0.15, 0.2) is 0 Å². The van der Waals surface area contributed by atoms with Crippen molar-refractivity contribution in [1.82, 2.24) is 10.6 Å². The molecular formula is C12H20N2O2. The zero-order valence-electron chi connectivity index (χ0n) is 10.8. The lowest BCUT2D eigenvalue weighted by atomic mass is 10.1. The van der Waals surface area contributed by atoms with E-state index in [4.69, 9.17) is 0 Å². The van der Waals surface area contributed by atoms with Crippen LogP contribution in [-0.2, 0) is 9.59 Å². The molecule has 16 heavy (non-hydrogen) atoms. The van der Waals surface area contributed by atoms with Crippen LogP contribution >= 0.6 is 0 Å². The fourth-order valence-corrected chi connectivity index (χ4v) is 1.23. The molecule has 2 N–H and O–H groups in total. The fraction of sp³-hybridized carbons (Fsp3) is 0.500. The molecule has 0 aliphatic rings. The molecule has 90 valence electrons. The van der Waals surface area contributed by atoms with Gasteiger partial charge in [0, 0.05) is 13.8 Å². The Morgan fingerprint density at radius 3 is 1.00 bits per heavy atom. The van der Waals surface area contributed by atoms with Crippen LogP contribution in [0.3, 0.4) is 0 Å². The van der Waals surface area contributed by atoms with Crippen LogP contribution < -0.4 is 10.6 Å². The van der Waals surface area contributed by atoms with Gasteiger partial charge in [0.2, 0.25) is 11.8 Å². The topological polar surface area (TPSA) is 58.2 Å². The van der Waals surface area contributed by atoms with Crippen LogP contribution in [0.15, 0.2) is 22.5 Å².